The Hall–Kier alpha value is -0.930. The van der Waals surface area contributed by atoms with E-state index in [9.17, 15) is 9.90 Å². The van der Waals surface area contributed by atoms with Crippen molar-refractivity contribution in [2.24, 2.45) is 0 Å². The Morgan fingerprint density at radius 1 is 1.46 bits per heavy atom. The van der Waals surface area contributed by atoms with Gasteiger partial charge in [0.15, 0.2) is 10.6 Å². The number of benzene rings is 1. The molecule has 0 atom stereocenters. The van der Waals surface area contributed by atoms with E-state index in [-0.39, 0.29) is 17.0 Å². The second-order valence-electron chi connectivity index (χ2n) is 2.41. The third-order valence-corrected chi connectivity index (χ3v) is 1.93. The van der Waals surface area contributed by atoms with E-state index >= 15 is 0 Å². The average molecular weight is 220 g/mol. The molecule has 0 fully saturated rings. The Kier molecular flexibility index (Phi) is 3.01. The van der Waals surface area contributed by atoms with Gasteiger partial charge in [-0.05, 0) is 12.1 Å². The first-order valence-corrected chi connectivity index (χ1v) is 4.31. The van der Waals surface area contributed by atoms with Crippen LogP contribution < -0.4 is 5.73 Å². The van der Waals surface area contributed by atoms with Crippen LogP contribution in [0.5, 0.6) is 5.75 Å². The summed E-state index contributed by atoms with van der Waals surface area (Å²) in [6.07, 6.45) is 0. The van der Waals surface area contributed by atoms with Gasteiger partial charge >= 0.3 is 0 Å². The van der Waals surface area contributed by atoms with Crippen molar-refractivity contribution in [3.05, 3.63) is 23.8 Å². The molecule has 0 heterocycles. The van der Waals surface area contributed by atoms with Crippen molar-refractivity contribution in [1.82, 2.24) is 0 Å². The number of aromatic hydroxyl groups is 1. The molecule has 0 radical (unpaired) electrons. The van der Waals surface area contributed by atoms with Gasteiger partial charge in [-0.1, -0.05) is 29.3 Å². The van der Waals surface area contributed by atoms with Crippen LogP contribution in [0.1, 0.15) is 10.4 Å². The lowest BCUT2D eigenvalue weighted by atomic mass is 10.1. The standard InChI is InChI=1S/C8H7Cl2NO2/c9-8(10)7(13)4-2-1-3-5(11)6(4)12/h1-3,8,12H,11H2. The average Bonchev–Trinajstić information content (AvgIpc) is 2.08. The van der Waals surface area contributed by atoms with Crippen LogP contribution in [0.2, 0.25) is 0 Å². The summed E-state index contributed by atoms with van der Waals surface area (Å²) in [6, 6.07) is 4.42. The Bertz CT molecular complexity index is 339. The van der Waals surface area contributed by atoms with Crippen LogP contribution in [-0.4, -0.2) is 15.7 Å². The maximum absolute atomic E-state index is 11.2. The summed E-state index contributed by atoms with van der Waals surface area (Å²) in [5.74, 6) is -0.841. The van der Waals surface area contributed by atoms with Gasteiger partial charge in [0.25, 0.3) is 0 Å². The highest BCUT2D eigenvalue weighted by molar-refractivity contribution is 6.55. The fourth-order valence-electron chi connectivity index (χ4n) is 0.878. The van der Waals surface area contributed by atoms with E-state index in [1.165, 1.54) is 12.1 Å². The van der Waals surface area contributed by atoms with Crippen LogP contribution in [0, 0.1) is 0 Å². The molecule has 0 saturated carbocycles. The maximum atomic E-state index is 11.2. The predicted octanol–water partition coefficient (Wildman–Crippen LogP) is 1.96. The smallest absolute Gasteiger partial charge is 0.199 e. The van der Waals surface area contributed by atoms with Crippen molar-refractivity contribution in [2.45, 2.75) is 4.84 Å². The van der Waals surface area contributed by atoms with Crippen molar-refractivity contribution in [3.8, 4) is 5.75 Å². The zero-order chi connectivity index (χ0) is 10.0. The number of carbonyl (C=O) groups is 1. The summed E-state index contributed by atoms with van der Waals surface area (Å²) < 4.78 is 0. The number of hydrogen-bond acceptors (Lipinski definition) is 3. The summed E-state index contributed by atoms with van der Waals surface area (Å²) in [5, 5.41) is 9.35. The number of phenols is 1. The van der Waals surface area contributed by atoms with E-state index < -0.39 is 10.6 Å². The van der Waals surface area contributed by atoms with Gasteiger partial charge in [-0.2, -0.15) is 0 Å². The van der Waals surface area contributed by atoms with Gasteiger partial charge in [0.2, 0.25) is 0 Å². The molecule has 70 valence electrons. The number of ketones is 1. The fraction of sp³-hybridized carbons (Fsp3) is 0.125. The molecule has 0 amide bonds. The Balaban J connectivity index is 3.15. The molecular formula is C8H7Cl2NO2. The highest BCUT2D eigenvalue weighted by atomic mass is 35.5. The van der Waals surface area contributed by atoms with Gasteiger partial charge in [-0.25, -0.2) is 0 Å². The minimum absolute atomic E-state index is 0.0370. The number of nitrogen functional groups attached to an aromatic ring is 1. The number of halogens is 2. The molecule has 5 heteroatoms. The molecule has 3 nitrogen and oxygen atoms in total. The zero-order valence-corrected chi connectivity index (χ0v) is 8.01. The van der Waals surface area contributed by atoms with Crippen LogP contribution in [0.25, 0.3) is 0 Å². The number of alkyl halides is 2. The Morgan fingerprint density at radius 3 is 2.62 bits per heavy atom. The Morgan fingerprint density at radius 2 is 2.08 bits per heavy atom. The van der Waals surface area contributed by atoms with Gasteiger partial charge in [-0.3, -0.25) is 4.79 Å². The highest BCUT2D eigenvalue weighted by Gasteiger charge is 2.18. The monoisotopic (exact) mass is 219 g/mol. The Labute approximate surface area is 85.1 Å². The lowest BCUT2D eigenvalue weighted by Crippen LogP contribution is -2.08. The summed E-state index contributed by atoms with van der Waals surface area (Å²) >= 11 is 10.7. The molecule has 0 aliphatic rings. The number of phenolic OH excluding ortho intramolecular Hbond substituents is 1. The number of rotatable bonds is 2. The molecule has 13 heavy (non-hydrogen) atoms. The number of Topliss-reactive ketones (excluding diaryl/α,β-unsaturated/α-hetero) is 1. The fourth-order valence-corrected chi connectivity index (χ4v) is 1.11. The molecule has 1 aromatic rings. The van der Waals surface area contributed by atoms with Crippen LogP contribution in [0.4, 0.5) is 5.69 Å². The number of carbonyl (C=O) groups excluding carboxylic acids is 1. The van der Waals surface area contributed by atoms with Gasteiger partial charge in [0.05, 0.1) is 11.3 Å². The quantitative estimate of drug-likeness (QED) is 0.346. The number of hydrogen-bond donors (Lipinski definition) is 2. The maximum Gasteiger partial charge on any atom is 0.199 e. The highest BCUT2D eigenvalue weighted by Crippen LogP contribution is 2.27. The second-order valence-corrected chi connectivity index (χ2v) is 3.50. The minimum atomic E-state index is -1.19. The third-order valence-electron chi connectivity index (χ3n) is 1.53. The third kappa shape index (κ3) is 2.05. The van der Waals surface area contributed by atoms with E-state index in [2.05, 4.69) is 0 Å². The normalized spacial score (nSPS) is 10.4. The molecule has 0 aliphatic carbocycles. The minimum Gasteiger partial charge on any atom is -0.505 e. The number of para-hydroxylation sites is 1. The largest absolute Gasteiger partial charge is 0.505 e. The summed E-state index contributed by atoms with van der Waals surface area (Å²) in [7, 11) is 0. The second kappa shape index (κ2) is 3.85. The van der Waals surface area contributed by atoms with Crippen molar-refractivity contribution >= 4 is 34.7 Å². The van der Waals surface area contributed by atoms with E-state index in [0.717, 1.165) is 0 Å². The first-order valence-electron chi connectivity index (χ1n) is 3.44. The van der Waals surface area contributed by atoms with Gasteiger partial charge in [0.1, 0.15) is 5.75 Å². The van der Waals surface area contributed by atoms with Crippen molar-refractivity contribution in [1.29, 1.82) is 0 Å². The topological polar surface area (TPSA) is 63.3 Å². The van der Waals surface area contributed by atoms with E-state index in [4.69, 9.17) is 28.9 Å². The predicted molar refractivity (Wildman–Crippen MR) is 52.3 cm³/mol. The first kappa shape index (κ1) is 10.2. The first-order chi connectivity index (χ1) is 6.04. The molecular weight excluding hydrogens is 213 g/mol. The molecule has 0 bridgehead atoms. The molecule has 0 saturated heterocycles. The summed E-state index contributed by atoms with van der Waals surface area (Å²) in [5.41, 5.74) is 5.53. The molecule has 0 unspecified atom stereocenters. The van der Waals surface area contributed by atoms with Gasteiger partial charge < -0.3 is 10.8 Å². The van der Waals surface area contributed by atoms with Gasteiger partial charge in [-0.15, -0.1) is 0 Å². The molecule has 1 aromatic carbocycles. The van der Waals surface area contributed by atoms with E-state index in [1.807, 2.05) is 0 Å². The lowest BCUT2D eigenvalue weighted by molar-refractivity contribution is 0.100. The van der Waals surface area contributed by atoms with Gasteiger partial charge in [0, 0.05) is 0 Å². The van der Waals surface area contributed by atoms with Crippen molar-refractivity contribution in [3.63, 3.8) is 0 Å². The van der Waals surface area contributed by atoms with Crippen molar-refractivity contribution < 1.29 is 9.90 Å². The van der Waals surface area contributed by atoms with E-state index in [0.29, 0.717) is 0 Å². The SMILES string of the molecule is Nc1cccc(C(=O)C(Cl)Cl)c1O. The molecule has 0 aliphatic heterocycles. The summed E-state index contributed by atoms with van der Waals surface area (Å²) in [4.78, 5) is 10.1. The zero-order valence-electron chi connectivity index (χ0n) is 6.50. The molecule has 3 N–H and O–H groups in total. The van der Waals surface area contributed by atoms with Crippen LogP contribution in [-0.2, 0) is 0 Å². The molecule has 0 aromatic heterocycles. The molecule has 0 spiro atoms. The van der Waals surface area contributed by atoms with Crippen LogP contribution in [0.3, 0.4) is 0 Å². The number of nitrogens with two attached hydrogens (primary N) is 1. The lowest BCUT2D eigenvalue weighted by Gasteiger charge is -2.05. The van der Waals surface area contributed by atoms with E-state index in [1.54, 1.807) is 6.07 Å². The van der Waals surface area contributed by atoms with Crippen LogP contribution >= 0.6 is 23.2 Å². The number of anilines is 1. The van der Waals surface area contributed by atoms with Crippen molar-refractivity contribution in [2.75, 3.05) is 5.73 Å². The molecule has 1 rings (SSSR count). The summed E-state index contributed by atoms with van der Waals surface area (Å²) in [6.45, 7) is 0. The van der Waals surface area contributed by atoms with Crippen LogP contribution in [0.15, 0.2) is 18.2 Å².